The number of piperidine rings is 1. The largest absolute Gasteiger partial charge is 0.385 e. The molecule has 1 N–H and O–H groups in total. The Kier molecular flexibility index (Phi) is 4.33. The van der Waals surface area contributed by atoms with Gasteiger partial charge in [0.05, 0.1) is 17.2 Å². The van der Waals surface area contributed by atoms with E-state index in [1.165, 1.54) is 13.0 Å². The predicted molar refractivity (Wildman–Crippen MR) is 97.9 cm³/mol. The molecule has 2 aliphatic heterocycles. The Hall–Kier alpha value is -2.15. The van der Waals surface area contributed by atoms with Crippen molar-refractivity contribution in [3.63, 3.8) is 0 Å². The van der Waals surface area contributed by atoms with Gasteiger partial charge in [0.25, 0.3) is 0 Å². The topological polar surface area (TPSA) is 47.3 Å². The molecular formula is C22H24N2O. The number of benzene rings is 2. The van der Waals surface area contributed by atoms with Crippen molar-refractivity contribution in [1.29, 1.82) is 5.26 Å². The van der Waals surface area contributed by atoms with Crippen LogP contribution >= 0.6 is 0 Å². The summed E-state index contributed by atoms with van der Waals surface area (Å²) >= 11 is 0. The minimum Gasteiger partial charge on any atom is -0.385 e. The number of hydrogen-bond donors (Lipinski definition) is 1. The first-order valence-electron chi connectivity index (χ1n) is 9.18. The molecule has 0 saturated carbocycles. The molecule has 2 fully saturated rings. The van der Waals surface area contributed by atoms with Gasteiger partial charge in [0.2, 0.25) is 0 Å². The monoisotopic (exact) mass is 332 g/mol. The van der Waals surface area contributed by atoms with Gasteiger partial charge in [-0.05, 0) is 55.0 Å². The first-order chi connectivity index (χ1) is 12.2. The Morgan fingerprint density at radius 3 is 2.64 bits per heavy atom. The highest BCUT2D eigenvalue weighted by Gasteiger charge is 2.49. The third-order valence-electron chi connectivity index (χ3n) is 6.07. The van der Waals surface area contributed by atoms with E-state index >= 15 is 0 Å². The fraction of sp³-hybridized carbons (Fsp3) is 0.409. The fourth-order valence-electron chi connectivity index (χ4n) is 4.73. The zero-order valence-corrected chi connectivity index (χ0v) is 14.4. The molecule has 0 aromatic heterocycles. The second-order valence-electron chi connectivity index (χ2n) is 7.52. The lowest BCUT2D eigenvalue weighted by Gasteiger charge is -2.39. The summed E-state index contributed by atoms with van der Waals surface area (Å²) in [7, 11) is 0. The van der Waals surface area contributed by atoms with Gasteiger partial charge in [-0.25, -0.2) is 0 Å². The van der Waals surface area contributed by atoms with E-state index in [9.17, 15) is 5.11 Å². The maximum atomic E-state index is 11.8. The first-order valence-corrected chi connectivity index (χ1v) is 9.18. The van der Waals surface area contributed by atoms with E-state index < -0.39 is 5.60 Å². The summed E-state index contributed by atoms with van der Waals surface area (Å²) in [6, 6.07) is 20.1. The quantitative estimate of drug-likeness (QED) is 0.913. The fourth-order valence-corrected chi connectivity index (χ4v) is 4.73. The SMILES string of the molecule is N#Cc1cccc(CCC(O)(c2ccccc2)C2CN3CCC2C3)c1. The Morgan fingerprint density at radius 2 is 1.96 bits per heavy atom. The Balaban J connectivity index is 1.61. The van der Waals surface area contributed by atoms with Crippen LogP contribution in [0.4, 0.5) is 0 Å². The highest BCUT2D eigenvalue weighted by molar-refractivity contribution is 5.33. The van der Waals surface area contributed by atoms with Crippen LogP contribution in [-0.4, -0.2) is 29.6 Å². The maximum absolute atomic E-state index is 11.8. The summed E-state index contributed by atoms with van der Waals surface area (Å²) in [5, 5.41) is 20.9. The first kappa shape index (κ1) is 16.3. The van der Waals surface area contributed by atoms with E-state index in [0.717, 1.165) is 30.6 Å². The summed E-state index contributed by atoms with van der Waals surface area (Å²) in [6.07, 6.45) is 2.68. The van der Waals surface area contributed by atoms with Crippen molar-refractivity contribution in [3.8, 4) is 6.07 Å². The minimum atomic E-state index is -0.802. The molecular weight excluding hydrogens is 308 g/mol. The number of fused-ring (bicyclic) bond motifs is 2. The summed E-state index contributed by atoms with van der Waals surface area (Å²) < 4.78 is 0. The van der Waals surface area contributed by atoms with Crippen LogP contribution in [0.3, 0.4) is 0 Å². The van der Waals surface area contributed by atoms with Crippen molar-refractivity contribution < 1.29 is 5.11 Å². The van der Waals surface area contributed by atoms with E-state index in [2.05, 4.69) is 29.2 Å². The van der Waals surface area contributed by atoms with Crippen molar-refractivity contribution in [2.24, 2.45) is 11.8 Å². The molecule has 2 aliphatic rings. The van der Waals surface area contributed by atoms with Crippen LogP contribution in [0.1, 0.15) is 29.5 Å². The number of aliphatic hydroxyl groups is 1. The molecule has 3 nitrogen and oxygen atoms in total. The van der Waals surface area contributed by atoms with Gasteiger partial charge >= 0.3 is 0 Å². The zero-order valence-electron chi connectivity index (χ0n) is 14.4. The molecule has 4 atom stereocenters. The summed E-state index contributed by atoms with van der Waals surface area (Å²) in [5.41, 5.74) is 2.04. The van der Waals surface area contributed by atoms with Crippen molar-refractivity contribution in [3.05, 3.63) is 71.3 Å². The van der Waals surface area contributed by atoms with Crippen LogP contribution < -0.4 is 0 Å². The van der Waals surface area contributed by atoms with Gasteiger partial charge in [-0.3, -0.25) is 0 Å². The van der Waals surface area contributed by atoms with Crippen LogP contribution in [0.25, 0.3) is 0 Å². The molecule has 0 radical (unpaired) electrons. The molecule has 2 heterocycles. The van der Waals surface area contributed by atoms with E-state index in [1.54, 1.807) is 0 Å². The van der Waals surface area contributed by atoms with Crippen molar-refractivity contribution in [2.45, 2.75) is 24.9 Å². The number of rotatable bonds is 5. The van der Waals surface area contributed by atoms with E-state index in [1.807, 2.05) is 36.4 Å². The second-order valence-corrected chi connectivity index (χ2v) is 7.52. The summed E-state index contributed by atoms with van der Waals surface area (Å²) in [5.74, 6) is 0.887. The third kappa shape index (κ3) is 3.08. The molecule has 0 spiro atoms. The predicted octanol–water partition coefficient (Wildman–Crippen LogP) is 3.33. The third-order valence-corrected chi connectivity index (χ3v) is 6.07. The maximum Gasteiger partial charge on any atom is 0.0991 e. The van der Waals surface area contributed by atoms with Gasteiger partial charge in [0.15, 0.2) is 0 Å². The molecule has 0 amide bonds. The molecule has 25 heavy (non-hydrogen) atoms. The molecule has 128 valence electrons. The lowest BCUT2D eigenvalue weighted by atomic mass is 9.71. The van der Waals surface area contributed by atoms with Crippen LogP contribution in [0.2, 0.25) is 0 Å². The zero-order chi connectivity index (χ0) is 17.3. The van der Waals surface area contributed by atoms with Crippen LogP contribution in [0.5, 0.6) is 0 Å². The van der Waals surface area contributed by atoms with Crippen LogP contribution in [0, 0.1) is 23.2 Å². The number of nitrogens with zero attached hydrogens (tertiary/aromatic N) is 2. The lowest BCUT2D eigenvalue weighted by Crippen LogP contribution is -2.42. The summed E-state index contributed by atoms with van der Waals surface area (Å²) in [6.45, 7) is 3.30. The number of aryl methyl sites for hydroxylation is 1. The van der Waals surface area contributed by atoms with E-state index in [4.69, 9.17) is 5.26 Å². The Labute approximate surface area is 149 Å². The molecule has 2 saturated heterocycles. The standard InChI is InChI=1S/C22H24N2O/c23-14-18-6-4-5-17(13-18)9-11-22(25,20-7-2-1-3-8-20)21-16-24-12-10-19(21)15-24/h1-8,13,19,21,25H,9-12,15-16H2. The average Bonchev–Trinajstić information content (AvgIpc) is 3.31. The number of hydrogen-bond acceptors (Lipinski definition) is 3. The second kappa shape index (κ2) is 6.63. The molecule has 4 unspecified atom stereocenters. The van der Waals surface area contributed by atoms with Gasteiger partial charge in [-0.1, -0.05) is 42.5 Å². The highest BCUT2D eigenvalue weighted by Crippen LogP contribution is 2.46. The van der Waals surface area contributed by atoms with Gasteiger partial charge < -0.3 is 10.0 Å². The van der Waals surface area contributed by atoms with Gasteiger partial charge in [-0.2, -0.15) is 5.26 Å². The molecule has 2 aromatic rings. The normalized spacial score (nSPS) is 27.0. The molecule has 4 rings (SSSR count). The molecule has 3 heteroatoms. The smallest absolute Gasteiger partial charge is 0.0991 e. The Morgan fingerprint density at radius 1 is 1.12 bits per heavy atom. The van der Waals surface area contributed by atoms with Gasteiger partial charge in [0.1, 0.15) is 0 Å². The van der Waals surface area contributed by atoms with Crippen LogP contribution in [-0.2, 0) is 12.0 Å². The van der Waals surface area contributed by atoms with Gasteiger partial charge in [0, 0.05) is 19.0 Å². The van der Waals surface area contributed by atoms with E-state index in [0.29, 0.717) is 23.8 Å². The average molecular weight is 332 g/mol. The highest BCUT2D eigenvalue weighted by atomic mass is 16.3. The molecule has 2 aromatic carbocycles. The summed E-state index contributed by atoms with van der Waals surface area (Å²) in [4.78, 5) is 2.49. The molecule has 2 bridgehead atoms. The lowest BCUT2D eigenvalue weighted by molar-refractivity contribution is -0.0495. The minimum absolute atomic E-state index is 0.294. The van der Waals surface area contributed by atoms with Crippen molar-refractivity contribution in [1.82, 2.24) is 4.90 Å². The Bertz CT molecular complexity index is 782. The number of nitriles is 1. The van der Waals surface area contributed by atoms with Crippen molar-refractivity contribution >= 4 is 0 Å². The van der Waals surface area contributed by atoms with Crippen molar-refractivity contribution in [2.75, 3.05) is 19.6 Å². The van der Waals surface area contributed by atoms with Gasteiger partial charge in [-0.15, -0.1) is 0 Å². The van der Waals surface area contributed by atoms with Crippen LogP contribution in [0.15, 0.2) is 54.6 Å². The van der Waals surface area contributed by atoms with E-state index in [-0.39, 0.29) is 0 Å². The molecule has 0 aliphatic carbocycles.